The first kappa shape index (κ1) is 17.4. The molecule has 25 heavy (non-hydrogen) atoms. The topological polar surface area (TPSA) is 108 Å². The highest BCUT2D eigenvalue weighted by atomic mass is 32.2. The minimum Gasteiger partial charge on any atom is -0.493 e. The summed E-state index contributed by atoms with van der Waals surface area (Å²) in [4.78, 5) is 34.7. The molecule has 0 aliphatic carbocycles. The Morgan fingerprint density at radius 1 is 1.40 bits per heavy atom. The highest BCUT2D eigenvalue weighted by Gasteiger charge is 2.12. The summed E-state index contributed by atoms with van der Waals surface area (Å²) in [6.45, 7) is 3.76. The summed E-state index contributed by atoms with van der Waals surface area (Å²) < 4.78 is 1.01. The lowest BCUT2D eigenvalue weighted by molar-refractivity contribution is -0.113. The van der Waals surface area contributed by atoms with Gasteiger partial charge in [-0.2, -0.15) is 4.98 Å². The Hall–Kier alpha value is -2.39. The van der Waals surface area contributed by atoms with Gasteiger partial charge in [0.25, 0.3) is 5.56 Å². The minimum atomic E-state index is -0.389. The van der Waals surface area contributed by atoms with Crippen LogP contribution < -0.4 is 10.9 Å². The van der Waals surface area contributed by atoms with Crippen LogP contribution in [0.3, 0.4) is 0 Å². The Bertz CT molecular complexity index is 997. The molecule has 2 aromatic heterocycles. The van der Waals surface area contributed by atoms with E-state index in [9.17, 15) is 14.7 Å². The Balaban J connectivity index is 1.65. The summed E-state index contributed by atoms with van der Waals surface area (Å²) in [5.74, 6) is -0.513. The van der Waals surface area contributed by atoms with Gasteiger partial charge in [-0.05, 0) is 31.0 Å². The molecule has 0 aliphatic heterocycles. The van der Waals surface area contributed by atoms with Gasteiger partial charge in [-0.15, -0.1) is 0 Å². The smallest absolute Gasteiger partial charge is 0.258 e. The molecule has 0 saturated heterocycles. The van der Waals surface area contributed by atoms with Gasteiger partial charge in [-0.3, -0.25) is 9.59 Å². The number of aromatic hydroxyl groups is 1. The number of benzene rings is 1. The van der Waals surface area contributed by atoms with Crippen molar-refractivity contribution >= 4 is 44.4 Å². The lowest BCUT2D eigenvalue weighted by atomic mass is 10.2. The SMILES string of the molecule is CCc1c(O)nc(SCC(=O)Nc2nc3ccc(C)cc3s2)[nH]c1=O. The molecule has 0 unspecified atom stereocenters. The Morgan fingerprint density at radius 3 is 2.92 bits per heavy atom. The third-order valence-electron chi connectivity index (χ3n) is 3.46. The molecule has 3 aromatic rings. The van der Waals surface area contributed by atoms with Gasteiger partial charge in [0.05, 0.1) is 21.5 Å². The van der Waals surface area contributed by atoms with Crippen molar-refractivity contribution in [2.75, 3.05) is 11.1 Å². The van der Waals surface area contributed by atoms with E-state index in [2.05, 4.69) is 20.3 Å². The second-order valence-electron chi connectivity index (χ2n) is 5.35. The number of thiazole rings is 1. The number of anilines is 1. The molecule has 0 saturated carbocycles. The van der Waals surface area contributed by atoms with Gasteiger partial charge in [0.2, 0.25) is 11.8 Å². The van der Waals surface area contributed by atoms with E-state index in [-0.39, 0.29) is 33.8 Å². The summed E-state index contributed by atoms with van der Waals surface area (Å²) in [5.41, 5.74) is 1.82. The molecule has 0 spiro atoms. The van der Waals surface area contributed by atoms with Crippen molar-refractivity contribution < 1.29 is 9.90 Å². The second kappa shape index (κ2) is 7.24. The standard InChI is InChI=1S/C16H16N4O3S2/c1-3-9-13(22)19-15(20-14(9)23)24-7-12(21)18-16-17-10-5-4-8(2)6-11(10)25-16/h4-6H,3,7H2,1-2H3,(H,17,18,21)(H2,19,20,22,23). The molecular formula is C16H16N4O3S2. The van der Waals surface area contributed by atoms with Crippen molar-refractivity contribution in [3.05, 3.63) is 39.7 Å². The third-order valence-corrected chi connectivity index (χ3v) is 5.26. The maximum Gasteiger partial charge on any atom is 0.258 e. The normalized spacial score (nSPS) is 11.0. The van der Waals surface area contributed by atoms with E-state index in [4.69, 9.17) is 0 Å². The second-order valence-corrected chi connectivity index (χ2v) is 7.35. The average molecular weight is 376 g/mol. The maximum atomic E-state index is 12.1. The van der Waals surface area contributed by atoms with Gasteiger partial charge in [0.15, 0.2) is 10.3 Å². The lowest BCUT2D eigenvalue weighted by Gasteiger charge is -2.04. The number of H-pyrrole nitrogens is 1. The van der Waals surface area contributed by atoms with Crippen molar-refractivity contribution in [1.82, 2.24) is 15.0 Å². The van der Waals surface area contributed by atoms with E-state index in [1.807, 2.05) is 25.1 Å². The molecule has 3 rings (SSSR count). The minimum absolute atomic E-state index is 0.0444. The van der Waals surface area contributed by atoms with Crippen LogP contribution in [0.5, 0.6) is 5.88 Å². The van der Waals surface area contributed by atoms with Crippen LogP contribution in [0.4, 0.5) is 5.13 Å². The molecule has 130 valence electrons. The van der Waals surface area contributed by atoms with Gasteiger partial charge in [0.1, 0.15) is 0 Å². The maximum absolute atomic E-state index is 12.1. The van der Waals surface area contributed by atoms with Gasteiger partial charge in [-0.1, -0.05) is 36.1 Å². The van der Waals surface area contributed by atoms with E-state index >= 15 is 0 Å². The molecule has 0 bridgehead atoms. The monoisotopic (exact) mass is 376 g/mol. The summed E-state index contributed by atoms with van der Waals surface area (Å²) in [5, 5.41) is 13.2. The number of aromatic nitrogens is 3. The van der Waals surface area contributed by atoms with Crippen LogP contribution in [-0.2, 0) is 11.2 Å². The number of rotatable bonds is 5. The molecule has 0 atom stereocenters. The largest absolute Gasteiger partial charge is 0.493 e. The summed E-state index contributed by atoms with van der Waals surface area (Å²) in [6, 6.07) is 5.90. The first-order valence-corrected chi connectivity index (χ1v) is 9.38. The third kappa shape index (κ3) is 3.99. The van der Waals surface area contributed by atoms with Crippen molar-refractivity contribution in [2.24, 2.45) is 0 Å². The van der Waals surface area contributed by atoms with Crippen LogP contribution >= 0.6 is 23.1 Å². The number of nitrogens with zero attached hydrogens (tertiary/aromatic N) is 2. The first-order valence-electron chi connectivity index (χ1n) is 7.58. The van der Waals surface area contributed by atoms with Crippen LogP contribution in [0.25, 0.3) is 10.2 Å². The zero-order valence-corrected chi connectivity index (χ0v) is 15.3. The molecule has 0 radical (unpaired) electrons. The predicted octanol–water partition coefficient (Wildman–Crippen LogP) is 2.69. The molecule has 9 heteroatoms. The van der Waals surface area contributed by atoms with Crippen LogP contribution in [0.2, 0.25) is 0 Å². The Labute approximate surface area is 151 Å². The molecular weight excluding hydrogens is 360 g/mol. The average Bonchev–Trinajstić information content (AvgIpc) is 2.94. The highest BCUT2D eigenvalue weighted by Crippen LogP contribution is 2.27. The Morgan fingerprint density at radius 2 is 2.20 bits per heavy atom. The number of aromatic amines is 1. The quantitative estimate of drug-likeness (QED) is 0.467. The van der Waals surface area contributed by atoms with Crippen LogP contribution in [0.1, 0.15) is 18.1 Å². The van der Waals surface area contributed by atoms with E-state index < -0.39 is 0 Å². The number of hydrogen-bond donors (Lipinski definition) is 3. The molecule has 3 N–H and O–H groups in total. The number of hydrogen-bond acceptors (Lipinski definition) is 7. The van der Waals surface area contributed by atoms with Crippen molar-refractivity contribution in [3.63, 3.8) is 0 Å². The van der Waals surface area contributed by atoms with Crippen molar-refractivity contribution in [2.45, 2.75) is 25.4 Å². The first-order chi connectivity index (χ1) is 12.0. The number of carbonyl (C=O) groups excluding carboxylic acids is 1. The zero-order valence-electron chi connectivity index (χ0n) is 13.6. The van der Waals surface area contributed by atoms with Crippen LogP contribution in [-0.4, -0.2) is 31.7 Å². The van der Waals surface area contributed by atoms with Gasteiger partial charge >= 0.3 is 0 Å². The lowest BCUT2D eigenvalue weighted by Crippen LogP contribution is -2.17. The summed E-state index contributed by atoms with van der Waals surface area (Å²) in [6.07, 6.45) is 0.386. The van der Waals surface area contributed by atoms with Gasteiger partial charge in [0, 0.05) is 0 Å². The van der Waals surface area contributed by atoms with E-state index in [1.54, 1.807) is 6.92 Å². The van der Waals surface area contributed by atoms with Crippen molar-refractivity contribution in [1.29, 1.82) is 0 Å². The van der Waals surface area contributed by atoms with Gasteiger partial charge < -0.3 is 15.4 Å². The van der Waals surface area contributed by atoms with Gasteiger partial charge in [-0.25, -0.2) is 4.98 Å². The van der Waals surface area contributed by atoms with E-state index in [0.717, 1.165) is 27.5 Å². The molecule has 1 aromatic carbocycles. The fraction of sp³-hybridized carbons (Fsp3) is 0.250. The number of carbonyl (C=O) groups is 1. The van der Waals surface area contributed by atoms with Crippen molar-refractivity contribution in [3.8, 4) is 5.88 Å². The summed E-state index contributed by atoms with van der Waals surface area (Å²) >= 11 is 2.45. The predicted molar refractivity (Wildman–Crippen MR) is 99.6 cm³/mol. The van der Waals surface area contributed by atoms with Crippen LogP contribution in [0.15, 0.2) is 28.2 Å². The molecule has 0 aliphatic rings. The molecule has 2 heterocycles. The number of fused-ring (bicyclic) bond motifs is 1. The fourth-order valence-electron chi connectivity index (χ4n) is 2.23. The van der Waals surface area contributed by atoms with E-state index in [1.165, 1.54) is 11.3 Å². The number of thioether (sulfide) groups is 1. The highest BCUT2D eigenvalue weighted by molar-refractivity contribution is 7.99. The molecule has 0 fully saturated rings. The van der Waals surface area contributed by atoms with Crippen LogP contribution in [0, 0.1) is 6.92 Å². The number of amides is 1. The molecule has 7 nitrogen and oxygen atoms in total. The number of aryl methyl sites for hydroxylation is 1. The number of nitrogens with one attached hydrogen (secondary N) is 2. The fourth-order valence-corrected chi connectivity index (χ4v) is 3.86. The zero-order chi connectivity index (χ0) is 18.0. The van der Waals surface area contributed by atoms with E-state index in [0.29, 0.717) is 11.6 Å². The Kier molecular flexibility index (Phi) is 5.05. The summed E-state index contributed by atoms with van der Waals surface area (Å²) in [7, 11) is 0. The molecule has 1 amide bonds.